The second-order valence-corrected chi connectivity index (χ2v) is 5.67. The molecule has 134 valence electrons. The SMILES string of the molecule is Cc1noc(COCC(=O)NN(Cc2ccccc2)c2ccccc2)n1. The van der Waals surface area contributed by atoms with Crippen LogP contribution in [-0.4, -0.2) is 22.7 Å². The van der Waals surface area contributed by atoms with E-state index in [2.05, 4.69) is 15.6 Å². The summed E-state index contributed by atoms with van der Waals surface area (Å²) in [7, 11) is 0. The summed E-state index contributed by atoms with van der Waals surface area (Å²) in [5.41, 5.74) is 4.84. The number of carbonyl (C=O) groups excluding carboxylic acids is 1. The van der Waals surface area contributed by atoms with Crippen molar-refractivity contribution in [2.24, 2.45) is 0 Å². The van der Waals surface area contributed by atoms with Crippen molar-refractivity contribution in [1.29, 1.82) is 0 Å². The highest BCUT2D eigenvalue weighted by Gasteiger charge is 2.12. The van der Waals surface area contributed by atoms with Crippen molar-refractivity contribution in [2.75, 3.05) is 11.6 Å². The van der Waals surface area contributed by atoms with Crippen molar-refractivity contribution >= 4 is 11.6 Å². The molecule has 7 heteroatoms. The number of hydrogen-bond acceptors (Lipinski definition) is 6. The topological polar surface area (TPSA) is 80.5 Å². The predicted octanol–water partition coefficient (Wildman–Crippen LogP) is 2.63. The van der Waals surface area contributed by atoms with E-state index in [1.807, 2.05) is 60.7 Å². The fourth-order valence-electron chi connectivity index (χ4n) is 2.38. The number of amides is 1. The lowest BCUT2D eigenvalue weighted by molar-refractivity contribution is -0.126. The molecule has 7 nitrogen and oxygen atoms in total. The second kappa shape index (κ2) is 8.77. The van der Waals surface area contributed by atoms with Crippen molar-refractivity contribution in [3.8, 4) is 0 Å². The van der Waals surface area contributed by atoms with Crippen LogP contribution in [0.4, 0.5) is 5.69 Å². The van der Waals surface area contributed by atoms with Crippen LogP contribution in [0.15, 0.2) is 65.2 Å². The van der Waals surface area contributed by atoms with Gasteiger partial charge in [0.25, 0.3) is 11.8 Å². The zero-order valence-corrected chi connectivity index (χ0v) is 14.5. The Morgan fingerprint density at radius 1 is 1.12 bits per heavy atom. The maximum atomic E-state index is 12.3. The summed E-state index contributed by atoms with van der Waals surface area (Å²) < 4.78 is 10.3. The van der Waals surface area contributed by atoms with Gasteiger partial charge in [0.2, 0.25) is 0 Å². The molecule has 0 aliphatic carbocycles. The number of para-hydroxylation sites is 1. The normalized spacial score (nSPS) is 10.5. The van der Waals surface area contributed by atoms with Crippen LogP contribution in [0.25, 0.3) is 0 Å². The molecule has 0 saturated heterocycles. The van der Waals surface area contributed by atoms with Gasteiger partial charge in [-0.2, -0.15) is 4.98 Å². The average molecular weight is 352 g/mol. The third-order valence-corrected chi connectivity index (χ3v) is 3.54. The summed E-state index contributed by atoms with van der Waals surface area (Å²) >= 11 is 0. The van der Waals surface area contributed by atoms with E-state index in [9.17, 15) is 4.79 Å². The summed E-state index contributed by atoms with van der Waals surface area (Å²) in [6.45, 7) is 2.25. The molecule has 1 N–H and O–H groups in total. The van der Waals surface area contributed by atoms with Gasteiger partial charge in [-0.1, -0.05) is 53.7 Å². The molecular weight excluding hydrogens is 332 g/mol. The fourth-order valence-corrected chi connectivity index (χ4v) is 2.38. The molecule has 2 aromatic carbocycles. The van der Waals surface area contributed by atoms with Gasteiger partial charge in [-0.15, -0.1) is 0 Å². The number of hydrogen-bond donors (Lipinski definition) is 1. The van der Waals surface area contributed by atoms with Crippen molar-refractivity contribution in [2.45, 2.75) is 20.1 Å². The van der Waals surface area contributed by atoms with E-state index in [0.29, 0.717) is 18.3 Å². The molecule has 0 fully saturated rings. The quantitative estimate of drug-likeness (QED) is 0.628. The Labute approximate surface area is 151 Å². The lowest BCUT2D eigenvalue weighted by atomic mass is 10.2. The summed E-state index contributed by atoms with van der Waals surface area (Å²) in [4.78, 5) is 16.3. The van der Waals surface area contributed by atoms with Gasteiger partial charge >= 0.3 is 0 Å². The highest BCUT2D eigenvalue weighted by molar-refractivity contribution is 5.79. The molecule has 26 heavy (non-hydrogen) atoms. The Bertz CT molecular complexity index is 821. The highest BCUT2D eigenvalue weighted by atomic mass is 16.5. The third kappa shape index (κ3) is 5.15. The van der Waals surface area contributed by atoms with Crippen molar-refractivity contribution in [3.63, 3.8) is 0 Å². The molecule has 0 radical (unpaired) electrons. The Hall–Kier alpha value is -3.19. The van der Waals surface area contributed by atoms with Gasteiger partial charge in [-0.25, -0.2) is 0 Å². The second-order valence-electron chi connectivity index (χ2n) is 5.67. The number of nitrogens with zero attached hydrogens (tertiary/aromatic N) is 3. The Morgan fingerprint density at radius 3 is 2.46 bits per heavy atom. The monoisotopic (exact) mass is 352 g/mol. The lowest BCUT2D eigenvalue weighted by Crippen LogP contribution is -2.43. The number of carbonyl (C=O) groups is 1. The minimum atomic E-state index is -0.263. The number of benzene rings is 2. The molecule has 1 heterocycles. The van der Waals surface area contributed by atoms with Crippen LogP contribution in [0.3, 0.4) is 0 Å². The minimum Gasteiger partial charge on any atom is -0.362 e. The summed E-state index contributed by atoms with van der Waals surface area (Å²) in [6, 6.07) is 19.6. The van der Waals surface area contributed by atoms with Crippen LogP contribution in [0, 0.1) is 6.92 Å². The van der Waals surface area contributed by atoms with E-state index in [-0.39, 0.29) is 19.1 Å². The molecule has 3 aromatic rings. The first-order chi connectivity index (χ1) is 12.7. The molecule has 0 bridgehead atoms. The first kappa shape index (κ1) is 17.6. The van der Waals surface area contributed by atoms with Gasteiger partial charge in [-0.3, -0.25) is 15.2 Å². The number of anilines is 1. The first-order valence-corrected chi connectivity index (χ1v) is 8.23. The molecular formula is C19H20N4O3. The number of aromatic nitrogens is 2. The Morgan fingerprint density at radius 2 is 1.81 bits per heavy atom. The largest absolute Gasteiger partial charge is 0.362 e. The summed E-state index contributed by atoms with van der Waals surface area (Å²) in [5, 5.41) is 5.46. The molecule has 1 amide bonds. The predicted molar refractivity (Wildman–Crippen MR) is 95.9 cm³/mol. The Kier molecular flexibility index (Phi) is 5.95. The van der Waals surface area contributed by atoms with Crippen molar-refractivity contribution in [3.05, 3.63) is 77.9 Å². The number of rotatable bonds is 8. The fraction of sp³-hybridized carbons (Fsp3) is 0.211. The molecule has 0 unspecified atom stereocenters. The number of nitrogens with one attached hydrogen (secondary N) is 1. The zero-order valence-electron chi connectivity index (χ0n) is 14.5. The molecule has 3 rings (SSSR count). The maximum absolute atomic E-state index is 12.3. The van der Waals surface area contributed by atoms with Crippen LogP contribution in [0.5, 0.6) is 0 Å². The van der Waals surface area contributed by atoms with Gasteiger partial charge < -0.3 is 9.26 Å². The molecule has 0 aliphatic rings. The molecule has 0 spiro atoms. The maximum Gasteiger partial charge on any atom is 0.264 e. The van der Waals surface area contributed by atoms with E-state index in [4.69, 9.17) is 9.26 Å². The van der Waals surface area contributed by atoms with E-state index in [1.165, 1.54) is 0 Å². The van der Waals surface area contributed by atoms with Gasteiger partial charge in [0, 0.05) is 0 Å². The molecule has 0 atom stereocenters. The van der Waals surface area contributed by atoms with Crippen LogP contribution in [0.1, 0.15) is 17.3 Å². The van der Waals surface area contributed by atoms with E-state index >= 15 is 0 Å². The zero-order chi connectivity index (χ0) is 18.2. The third-order valence-electron chi connectivity index (χ3n) is 3.54. The summed E-state index contributed by atoms with van der Waals surface area (Å²) in [6.07, 6.45) is 0. The van der Waals surface area contributed by atoms with Crippen LogP contribution in [-0.2, 0) is 22.7 Å². The average Bonchev–Trinajstić information content (AvgIpc) is 3.08. The molecule has 0 aliphatic heterocycles. The van der Waals surface area contributed by atoms with Gasteiger partial charge in [0.05, 0.1) is 12.2 Å². The number of ether oxygens (including phenoxy) is 1. The minimum absolute atomic E-state index is 0.0955. The van der Waals surface area contributed by atoms with Crippen LogP contribution in [0.2, 0.25) is 0 Å². The van der Waals surface area contributed by atoms with Crippen LogP contribution >= 0.6 is 0 Å². The van der Waals surface area contributed by atoms with Crippen molar-refractivity contribution < 1.29 is 14.1 Å². The Balaban J connectivity index is 1.58. The van der Waals surface area contributed by atoms with E-state index in [1.54, 1.807) is 11.9 Å². The van der Waals surface area contributed by atoms with Gasteiger partial charge in [0.15, 0.2) is 5.82 Å². The standard InChI is InChI=1S/C19H20N4O3/c1-15-20-19(26-22-15)14-25-13-18(24)21-23(17-10-6-3-7-11-17)12-16-8-4-2-5-9-16/h2-11H,12-14H2,1H3,(H,21,24). The van der Waals surface area contributed by atoms with Crippen LogP contribution < -0.4 is 10.4 Å². The lowest BCUT2D eigenvalue weighted by Gasteiger charge is -2.25. The first-order valence-electron chi connectivity index (χ1n) is 8.23. The molecule has 1 aromatic heterocycles. The number of hydrazine groups is 1. The summed E-state index contributed by atoms with van der Waals surface area (Å²) in [5.74, 6) is 0.617. The van der Waals surface area contributed by atoms with Gasteiger partial charge in [0.1, 0.15) is 13.2 Å². The van der Waals surface area contributed by atoms with E-state index in [0.717, 1.165) is 11.3 Å². The number of aryl methyl sites for hydroxylation is 1. The highest BCUT2D eigenvalue weighted by Crippen LogP contribution is 2.14. The molecule has 0 saturated carbocycles. The van der Waals surface area contributed by atoms with E-state index < -0.39 is 0 Å². The smallest absolute Gasteiger partial charge is 0.264 e. The van der Waals surface area contributed by atoms with Gasteiger partial charge in [-0.05, 0) is 24.6 Å². The van der Waals surface area contributed by atoms with Crippen molar-refractivity contribution in [1.82, 2.24) is 15.6 Å².